The van der Waals surface area contributed by atoms with Gasteiger partial charge in [0, 0.05) is 31.0 Å². The quantitative estimate of drug-likeness (QED) is 0.644. The van der Waals surface area contributed by atoms with E-state index in [0.29, 0.717) is 34.5 Å². The average Bonchev–Trinajstić information content (AvgIpc) is 3.22. The molecular weight excluding hydrogens is 406 g/mol. The van der Waals surface area contributed by atoms with Crippen molar-refractivity contribution in [1.29, 1.82) is 0 Å². The van der Waals surface area contributed by atoms with Gasteiger partial charge in [-0.05, 0) is 44.4 Å². The first kappa shape index (κ1) is 21.8. The third-order valence-electron chi connectivity index (χ3n) is 4.65. The number of amides is 2. The van der Waals surface area contributed by atoms with Crippen LogP contribution < -0.4 is 14.8 Å². The van der Waals surface area contributed by atoms with Gasteiger partial charge < -0.3 is 14.4 Å². The second kappa shape index (κ2) is 10.2. The first-order chi connectivity index (χ1) is 14.5. The van der Waals surface area contributed by atoms with Crippen LogP contribution in [0.1, 0.15) is 54.0 Å². The number of thiazole rings is 1. The van der Waals surface area contributed by atoms with E-state index in [0.717, 1.165) is 32.4 Å². The predicted molar refractivity (Wildman–Crippen MR) is 114 cm³/mol. The molecule has 0 radical (unpaired) electrons. The molecule has 3 rings (SSSR count). The molecule has 1 aromatic carbocycles. The molecule has 1 aliphatic heterocycles. The molecule has 1 saturated heterocycles. The van der Waals surface area contributed by atoms with Crippen LogP contribution in [0, 0.1) is 0 Å². The maximum absolute atomic E-state index is 12.5. The summed E-state index contributed by atoms with van der Waals surface area (Å²) in [4.78, 5) is 42.1. The first-order valence-electron chi connectivity index (χ1n) is 9.93. The van der Waals surface area contributed by atoms with Gasteiger partial charge >= 0.3 is 0 Å². The normalized spacial score (nSPS) is 13.6. The van der Waals surface area contributed by atoms with Crippen molar-refractivity contribution < 1.29 is 23.9 Å². The van der Waals surface area contributed by atoms with Crippen molar-refractivity contribution in [3.05, 3.63) is 34.8 Å². The van der Waals surface area contributed by atoms with Gasteiger partial charge in [-0.25, -0.2) is 4.98 Å². The van der Waals surface area contributed by atoms with E-state index in [-0.39, 0.29) is 24.2 Å². The Morgan fingerprint density at radius 2 is 1.90 bits per heavy atom. The van der Waals surface area contributed by atoms with Crippen molar-refractivity contribution in [2.24, 2.45) is 0 Å². The summed E-state index contributed by atoms with van der Waals surface area (Å²) in [6.45, 7) is 5.09. The van der Waals surface area contributed by atoms with Gasteiger partial charge in [0.15, 0.2) is 29.0 Å². The van der Waals surface area contributed by atoms with Gasteiger partial charge in [-0.3, -0.25) is 19.7 Å². The molecule has 8 nitrogen and oxygen atoms in total. The van der Waals surface area contributed by atoms with Gasteiger partial charge in [0.05, 0.1) is 6.61 Å². The molecule has 0 spiro atoms. The maximum Gasteiger partial charge on any atom is 0.260 e. The molecule has 1 N–H and O–H groups in total. The third kappa shape index (κ3) is 5.56. The average molecular weight is 432 g/mol. The zero-order valence-corrected chi connectivity index (χ0v) is 17.9. The van der Waals surface area contributed by atoms with Crippen molar-refractivity contribution >= 4 is 34.1 Å². The number of likely N-dealkylation sites (tertiary alicyclic amines) is 1. The number of aromatic nitrogens is 1. The Morgan fingerprint density at radius 3 is 2.57 bits per heavy atom. The lowest BCUT2D eigenvalue weighted by Gasteiger charge is -2.26. The second-order valence-corrected chi connectivity index (χ2v) is 7.73. The van der Waals surface area contributed by atoms with Crippen molar-refractivity contribution in [2.75, 3.05) is 31.6 Å². The van der Waals surface area contributed by atoms with E-state index in [1.165, 1.54) is 18.3 Å². The van der Waals surface area contributed by atoms with E-state index in [9.17, 15) is 14.4 Å². The van der Waals surface area contributed by atoms with Gasteiger partial charge in [0.1, 0.15) is 5.69 Å². The highest BCUT2D eigenvalue weighted by molar-refractivity contribution is 7.14. The van der Waals surface area contributed by atoms with Crippen LogP contribution in [0.2, 0.25) is 0 Å². The molecule has 2 heterocycles. The molecule has 0 atom stereocenters. The van der Waals surface area contributed by atoms with Gasteiger partial charge in [-0.2, -0.15) is 0 Å². The molecule has 0 aliphatic carbocycles. The monoisotopic (exact) mass is 431 g/mol. The van der Waals surface area contributed by atoms with Gasteiger partial charge in [0.2, 0.25) is 0 Å². The largest absolute Gasteiger partial charge is 0.490 e. The summed E-state index contributed by atoms with van der Waals surface area (Å²) in [6, 6.07) is 4.78. The summed E-state index contributed by atoms with van der Waals surface area (Å²) in [5.41, 5.74) is 0.667. The summed E-state index contributed by atoms with van der Waals surface area (Å²) in [6.07, 6.45) is 3.19. The van der Waals surface area contributed by atoms with E-state index in [1.54, 1.807) is 23.6 Å². The lowest BCUT2D eigenvalue weighted by Crippen LogP contribution is -2.38. The van der Waals surface area contributed by atoms with Crippen LogP contribution >= 0.6 is 11.3 Å². The molecule has 160 valence electrons. The van der Waals surface area contributed by atoms with Gasteiger partial charge in [0.25, 0.3) is 11.8 Å². The Kier molecular flexibility index (Phi) is 7.40. The van der Waals surface area contributed by atoms with Crippen molar-refractivity contribution in [1.82, 2.24) is 9.88 Å². The topological polar surface area (TPSA) is 97.8 Å². The molecule has 0 bridgehead atoms. The van der Waals surface area contributed by atoms with E-state index in [1.807, 2.05) is 11.8 Å². The minimum absolute atomic E-state index is 0.0518. The molecule has 30 heavy (non-hydrogen) atoms. The Labute approximate surface area is 179 Å². The van der Waals surface area contributed by atoms with E-state index in [4.69, 9.17) is 9.47 Å². The number of ketones is 1. The number of hydrogen-bond donors (Lipinski definition) is 1. The molecule has 9 heteroatoms. The number of benzene rings is 1. The molecule has 0 saturated carbocycles. The molecule has 1 fully saturated rings. The molecule has 1 aliphatic rings. The van der Waals surface area contributed by atoms with Crippen LogP contribution in [-0.4, -0.2) is 53.8 Å². The minimum atomic E-state index is -0.378. The van der Waals surface area contributed by atoms with Gasteiger partial charge in [-0.15, -0.1) is 11.3 Å². The Balaban J connectivity index is 1.66. The van der Waals surface area contributed by atoms with Crippen molar-refractivity contribution in [3.63, 3.8) is 0 Å². The van der Waals surface area contributed by atoms with Gasteiger partial charge in [-0.1, -0.05) is 0 Å². The molecular formula is C21H25N3O5S. The Bertz CT molecular complexity index is 921. The SMILES string of the molecule is CCOc1cc(C(=O)Nc2nc(C(C)=O)cs2)ccc1OCC(=O)N1CCCCC1. The predicted octanol–water partition coefficient (Wildman–Crippen LogP) is 3.39. The van der Waals surface area contributed by atoms with Crippen LogP contribution in [0.3, 0.4) is 0 Å². The third-order valence-corrected chi connectivity index (χ3v) is 5.41. The molecule has 1 aromatic heterocycles. The van der Waals surface area contributed by atoms with Crippen LogP contribution in [0.15, 0.2) is 23.6 Å². The maximum atomic E-state index is 12.5. The Hall–Kier alpha value is -2.94. The van der Waals surface area contributed by atoms with E-state index >= 15 is 0 Å². The van der Waals surface area contributed by atoms with E-state index < -0.39 is 0 Å². The standard InChI is InChI=1S/C21H25N3O5S/c1-3-28-18-11-15(20(27)23-21-22-16(13-30-21)14(2)25)7-8-17(18)29-12-19(26)24-9-5-4-6-10-24/h7-8,11,13H,3-6,9-10,12H2,1-2H3,(H,22,23,27). The number of hydrogen-bond acceptors (Lipinski definition) is 7. The molecule has 0 unspecified atom stereocenters. The number of piperidine rings is 1. The highest BCUT2D eigenvalue weighted by atomic mass is 32.1. The summed E-state index contributed by atoms with van der Waals surface area (Å²) < 4.78 is 11.3. The van der Waals surface area contributed by atoms with Crippen LogP contribution in [0.25, 0.3) is 0 Å². The number of Topliss-reactive ketones (excluding diaryl/α,β-unsaturated/α-hetero) is 1. The summed E-state index contributed by atoms with van der Waals surface area (Å²) >= 11 is 1.18. The van der Waals surface area contributed by atoms with Crippen LogP contribution in [0.4, 0.5) is 5.13 Å². The summed E-state index contributed by atoms with van der Waals surface area (Å²) in [7, 11) is 0. The van der Waals surface area contributed by atoms with E-state index in [2.05, 4.69) is 10.3 Å². The summed E-state index contributed by atoms with van der Waals surface area (Å²) in [5, 5.41) is 4.61. The Morgan fingerprint density at radius 1 is 1.13 bits per heavy atom. The number of carbonyl (C=O) groups is 3. The number of nitrogens with one attached hydrogen (secondary N) is 1. The number of rotatable bonds is 8. The smallest absolute Gasteiger partial charge is 0.260 e. The highest BCUT2D eigenvalue weighted by Gasteiger charge is 2.19. The fourth-order valence-corrected chi connectivity index (χ4v) is 3.82. The number of carbonyl (C=O) groups excluding carboxylic acids is 3. The van der Waals surface area contributed by atoms with Crippen molar-refractivity contribution in [2.45, 2.75) is 33.1 Å². The summed E-state index contributed by atoms with van der Waals surface area (Å²) in [5.74, 6) is 0.207. The zero-order chi connectivity index (χ0) is 21.5. The van der Waals surface area contributed by atoms with Crippen LogP contribution in [-0.2, 0) is 4.79 Å². The number of ether oxygens (including phenoxy) is 2. The second-order valence-electron chi connectivity index (χ2n) is 6.87. The fraction of sp³-hybridized carbons (Fsp3) is 0.429. The minimum Gasteiger partial charge on any atom is -0.490 e. The number of nitrogens with zero attached hydrogens (tertiary/aromatic N) is 2. The van der Waals surface area contributed by atoms with Crippen LogP contribution in [0.5, 0.6) is 11.5 Å². The zero-order valence-electron chi connectivity index (χ0n) is 17.1. The lowest BCUT2D eigenvalue weighted by molar-refractivity contribution is -0.134. The lowest BCUT2D eigenvalue weighted by atomic mass is 10.1. The fourth-order valence-electron chi connectivity index (χ4n) is 3.07. The molecule has 2 amide bonds. The van der Waals surface area contributed by atoms with Crippen molar-refractivity contribution in [3.8, 4) is 11.5 Å². The molecule has 2 aromatic rings. The highest BCUT2D eigenvalue weighted by Crippen LogP contribution is 2.29. The first-order valence-corrected chi connectivity index (χ1v) is 10.8. The number of anilines is 1.